The largest absolute Gasteiger partial charge is 0.339 e. The lowest BCUT2D eigenvalue weighted by Gasteiger charge is -2.30. The third-order valence-electron chi connectivity index (χ3n) is 6.19. The van der Waals surface area contributed by atoms with Gasteiger partial charge in [-0.15, -0.1) is 0 Å². The highest BCUT2D eigenvalue weighted by atomic mass is 32.2. The quantitative estimate of drug-likeness (QED) is 0.587. The Morgan fingerprint density at radius 2 is 1.88 bits per heavy atom. The van der Waals surface area contributed by atoms with Gasteiger partial charge in [0.1, 0.15) is 0 Å². The fourth-order valence-electron chi connectivity index (χ4n) is 3.94. The molecule has 2 aromatic carbocycles. The van der Waals surface area contributed by atoms with Crippen molar-refractivity contribution in [1.29, 1.82) is 0 Å². The minimum absolute atomic E-state index is 0.0634. The molecule has 0 spiro atoms. The van der Waals surface area contributed by atoms with Crippen molar-refractivity contribution in [2.24, 2.45) is 5.92 Å². The van der Waals surface area contributed by atoms with Crippen molar-refractivity contribution < 1.29 is 17.7 Å². The average Bonchev–Trinajstić information content (AvgIpc) is 3.32. The van der Waals surface area contributed by atoms with Crippen LogP contribution in [0.2, 0.25) is 0 Å². The Morgan fingerprint density at radius 3 is 2.58 bits per heavy atom. The number of carbonyl (C=O) groups is 1. The molecule has 0 radical (unpaired) electrons. The normalized spacial score (nSPS) is 15.5. The maximum atomic E-state index is 13.2. The van der Waals surface area contributed by atoms with Crippen molar-refractivity contribution in [1.82, 2.24) is 14.4 Å². The Hall–Kier alpha value is -3.04. The van der Waals surface area contributed by atoms with Gasteiger partial charge in [-0.1, -0.05) is 36.3 Å². The Morgan fingerprint density at radius 1 is 1.15 bits per heavy atom. The number of piperidine rings is 1. The standard InChI is InChI=1S/C24H28N4O4S/c1-4-22-26-23(27-32-22)19-8-6-9-20(15-19)33(30,31)28-13-11-18(12-14-28)24(29)25-21-10-5-7-16(2)17(21)3/h5-10,15,18H,4,11-14H2,1-3H3,(H,25,29). The molecule has 0 aliphatic carbocycles. The first kappa shape index (κ1) is 23.1. The minimum Gasteiger partial charge on any atom is -0.339 e. The summed E-state index contributed by atoms with van der Waals surface area (Å²) in [6.07, 6.45) is 1.55. The van der Waals surface area contributed by atoms with E-state index in [0.29, 0.717) is 49.6 Å². The first-order valence-corrected chi connectivity index (χ1v) is 12.5. The van der Waals surface area contributed by atoms with E-state index in [1.807, 2.05) is 39.0 Å². The maximum absolute atomic E-state index is 13.2. The van der Waals surface area contributed by atoms with Crippen LogP contribution in [0.3, 0.4) is 0 Å². The lowest BCUT2D eigenvalue weighted by atomic mass is 9.97. The van der Waals surface area contributed by atoms with Crippen molar-refractivity contribution in [2.75, 3.05) is 18.4 Å². The van der Waals surface area contributed by atoms with Gasteiger partial charge < -0.3 is 9.84 Å². The first-order chi connectivity index (χ1) is 15.8. The summed E-state index contributed by atoms with van der Waals surface area (Å²) in [5.74, 6) is 0.575. The second-order valence-electron chi connectivity index (χ2n) is 8.31. The van der Waals surface area contributed by atoms with E-state index in [1.54, 1.807) is 24.3 Å². The van der Waals surface area contributed by atoms with Gasteiger partial charge in [0, 0.05) is 36.7 Å². The van der Waals surface area contributed by atoms with Crippen LogP contribution >= 0.6 is 0 Å². The van der Waals surface area contributed by atoms with Gasteiger partial charge in [-0.2, -0.15) is 9.29 Å². The van der Waals surface area contributed by atoms with Crippen molar-refractivity contribution in [3.05, 3.63) is 59.5 Å². The molecule has 4 rings (SSSR count). The Bertz CT molecular complexity index is 1260. The van der Waals surface area contributed by atoms with Gasteiger partial charge in [0.15, 0.2) is 0 Å². The van der Waals surface area contributed by atoms with E-state index in [2.05, 4.69) is 15.5 Å². The summed E-state index contributed by atoms with van der Waals surface area (Å²) in [5, 5.41) is 6.94. The molecule has 2 heterocycles. The highest BCUT2D eigenvalue weighted by Gasteiger charge is 2.32. The molecule has 8 nitrogen and oxygen atoms in total. The van der Waals surface area contributed by atoms with Crippen LogP contribution in [-0.4, -0.2) is 41.9 Å². The fourth-order valence-corrected chi connectivity index (χ4v) is 5.46. The van der Waals surface area contributed by atoms with Gasteiger partial charge >= 0.3 is 0 Å². The topological polar surface area (TPSA) is 105 Å². The van der Waals surface area contributed by atoms with Crippen LogP contribution in [0.15, 0.2) is 51.9 Å². The minimum atomic E-state index is -3.70. The van der Waals surface area contributed by atoms with E-state index >= 15 is 0 Å². The summed E-state index contributed by atoms with van der Waals surface area (Å²) < 4.78 is 33.1. The van der Waals surface area contributed by atoms with Gasteiger partial charge in [0.25, 0.3) is 0 Å². The number of benzene rings is 2. The summed E-state index contributed by atoms with van der Waals surface area (Å²) in [6, 6.07) is 12.4. The molecular formula is C24H28N4O4S. The monoisotopic (exact) mass is 468 g/mol. The van der Waals surface area contributed by atoms with Crippen LogP contribution in [0.5, 0.6) is 0 Å². The first-order valence-electron chi connectivity index (χ1n) is 11.1. The van der Waals surface area contributed by atoms with Gasteiger partial charge in [-0.05, 0) is 56.0 Å². The van der Waals surface area contributed by atoms with E-state index < -0.39 is 10.0 Å². The van der Waals surface area contributed by atoms with E-state index in [-0.39, 0.29) is 16.7 Å². The number of hydrogen-bond donors (Lipinski definition) is 1. The molecule has 0 unspecified atom stereocenters. The molecule has 33 heavy (non-hydrogen) atoms. The second-order valence-corrected chi connectivity index (χ2v) is 10.2. The molecule has 0 atom stereocenters. The molecular weight excluding hydrogens is 440 g/mol. The highest BCUT2D eigenvalue weighted by molar-refractivity contribution is 7.89. The number of amides is 1. The zero-order valence-corrected chi connectivity index (χ0v) is 19.9. The SMILES string of the molecule is CCc1nc(-c2cccc(S(=O)(=O)N3CCC(C(=O)Nc4cccc(C)c4C)CC3)c2)no1. The Balaban J connectivity index is 1.43. The van der Waals surface area contributed by atoms with Crippen molar-refractivity contribution in [3.63, 3.8) is 0 Å². The predicted molar refractivity (Wildman–Crippen MR) is 125 cm³/mol. The van der Waals surface area contributed by atoms with Crippen LogP contribution in [-0.2, 0) is 21.2 Å². The number of nitrogens with zero attached hydrogens (tertiary/aromatic N) is 3. The van der Waals surface area contributed by atoms with Gasteiger partial charge in [-0.3, -0.25) is 4.79 Å². The van der Waals surface area contributed by atoms with Gasteiger partial charge in [0.2, 0.25) is 27.6 Å². The summed E-state index contributed by atoms with van der Waals surface area (Å²) >= 11 is 0. The van der Waals surface area contributed by atoms with Gasteiger partial charge in [0.05, 0.1) is 4.90 Å². The van der Waals surface area contributed by atoms with Gasteiger partial charge in [-0.25, -0.2) is 8.42 Å². The van der Waals surface area contributed by atoms with Crippen LogP contribution in [0.25, 0.3) is 11.4 Å². The summed E-state index contributed by atoms with van der Waals surface area (Å²) in [4.78, 5) is 17.2. The number of nitrogens with one attached hydrogen (secondary N) is 1. The highest BCUT2D eigenvalue weighted by Crippen LogP contribution is 2.28. The third-order valence-corrected chi connectivity index (χ3v) is 8.08. The Labute approximate surface area is 194 Å². The molecule has 1 N–H and O–H groups in total. The number of sulfonamides is 1. The summed E-state index contributed by atoms with van der Waals surface area (Å²) in [7, 11) is -3.70. The van der Waals surface area contributed by atoms with E-state index in [4.69, 9.17) is 4.52 Å². The van der Waals surface area contributed by atoms with Crippen molar-refractivity contribution >= 4 is 21.6 Å². The molecule has 1 aliphatic heterocycles. The molecule has 1 saturated heterocycles. The zero-order valence-electron chi connectivity index (χ0n) is 19.0. The number of hydrogen-bond acceptors (Lipinski definition) is 6. The number of aryl methyl sites for hydroxylation is 2. The molecule has 3 aromatic rings. The molecule has 0 saturated carbocycles. The van der Waals surface area contributed by atoms with Crippen LogP contribution in [0.4, 0.5) is 5.69 Å². The lowest BCUT2D eigenvalue weighted by Crippen LogP contribution is -2.41. The lowest BCUT2D eigenvalue weighted by molar-refractivity contribution is -0.120. The number of carbonyl (C=O) groups excluding carboxylic acids is 1. The number of rotatable bonds is 6. The molecule has 9 heteroatoms. The number of aromatic nitrogens is 2. The number of anilines is 1. The summed E-state index contributed by atoms with van der Waals surface area (Å²) in [5.41, 5.74) is 3.54. The van der Waals surface area contributed by atoms with Crippen LogP contribution < -0.4 is 5.32 Å². The smallest absolute Gasteiger partial charge is 0.243 e. The van der Waals surface area contributed by atoms with E-state index in [9.17, 15) is 13.2 Å². The van der Waals surface area contributed by atoms with E-state index in [0.717, 1.165) is 16.8 Å². The molecule has 1 aromatic heterocycles. The predicted octanol–water partition coefficient (Wildman–Crippen LogP) is 3.96. The molecule has 1 aliphatic rings. The van der Waals surface area contributed by atoms with Crippen LogP contribution in [0, 0.1) is 19.8 Å². The van der Waals surface area contributed by atoms with Crippen molar-refractivity contribution in [3.8, 4) is 11.4 Å². The van der Waals surface area contributed by atoms with Crippen LogP contribution in [0.1, 0.15) is 36.8 Å². The summed E-state index contributed by atoms with van der Waals surface area (Å²) in [6.45, 7) is 6.47. The molecule has 174 valence electrons. The molecule has 0 bridgehead atoms. The van der Waals surface area contributed by atoms with E-state index in [1.165, 1.54) is 4.31 Å². The molecule has 1 fully saturated rings. The molecule has 1 amide bonds. The second kappa shape index (κ2) is 9.44. The fraction of sp³-hybridized carbons (Fsp3) is 0.375. The maximum Gasteiger partial charge on any atom is 0.243 e. The van der Waals surface area contributed by atoms with Crippen molar-refractivity contribution in [2.45, 2.75) is 44.9 Å². The zero-order chi connectivity index (χ0) is 23.6. The third kappa shape index (κ3) is 4.84. The average molecular weight is 469 g/mol. The Kier molecular flexibility index (Phi) is 6.62.